The normalized spacial score (nSPS) is 25.2. The van der Waals surface area contributed by atoms with Crippen LogP contribution in [0.2, 0.25) is 0 Å². The van der Waals surface area contributed by atoms with E-state index in [4.69, 9.17) is 0 Å². The summed E-state index contributed by atoms with van der Waals surface area (Å²) < 4.78 is 0. The maximum Gasteiger partial charge on any atom is 0.255 e. The van der Waals surface area contributed by atoms with Crippen LogP contribution in [0.4, 0.5) is 11.4 Å². The van der Waals surface area contributed by atoms with E-state index in [1.807, 2.05) is 18.2 Å². The zero-order valence-corrected chi connectivity index (χ0v) is 21.5. The number of rotatable bonds is 6. The summed E-state index contributed by atoms with van der Waals surface area (Å²) in [6, 6.07) is 24.4. The van der Waals surface area contributed by atoms with Gasteiger partial charge in [-0.2, -0.15) is 0 Å². The fourth-order valence-corrected chi connectivity index (χ4v) is 6.99. The fraction of sp³-hybridized carbons (Fsp3) is 0.375. The van der Waals surface area contributed by atoms with Crippen molar-refractivity contribution in [1.29, 1.82) is 0 Å². The van der Waals surface area contributed by atoms with Crippen LogP contribution in [0.15, 0.2) is 72.8 Å². The van der Waals surface area contributed by atoms with E-state index < -0.39 is 0 Å². The number of anilines is 2. The van der Waals surface area contributed by atoms with E-state index in [-0.39, 0.29) is 11.8 Å². The highest BCUT2D eigenvalue weighted by Gasteiger charge is 2.53. The minimum absolute atomic E-state index is 0.170. The van der Waals surface area contributed by atoms with Crippen LogP contribution < -0.4 is 16.0 Å². The van der Waals surface area contributed by atoms with Crippen molar-refractivity contribution in [2.24, 2.45) is 23.7 Å². The molecule has 3 aliphatic rings. The van der Waals surface area contributed by atoms with E-state index in [9.17, 15) is 9.59 Å². The molecule has 2 saturated carbocycles. The SMILES string of the molecule is CC(C)CNC(=O)c1ccccc1NC(=O)c1ccc2c(c1)[C@@H]1[C@H]3CC[C@@H](C3)[C@@H]1[C@H](c1ccccc1)N2. The first-order chi connectivity index (χ1) is 18.0. The Morgan fingerprint density at radius 1 is 0.919 bits per heavy atom. The highest BCUT2D eigenvalue weighted by molar-refractivity contribution is 6.09. The Labute approximate surface area is 219 Å². The van der Waals surface area contributed by atoms with Crippen LogP contribution in [0.5, 0.6) is 0 Å². The number of carbonyl (C=O) groups excluding carboxylic acids is 2. The molecule has 0 saturated heterocycles. The largest absolute Gasteiger partial charge is 0.378 e. The fourth-order valence-electron chi connectivity index (χ4n) is 6.99. The number of hydrogen-bond acceptors (Lipinski definition) is 3. The molecular weight excluding hydrogens is 458 g/mol. The minimum Gasteiger partial charge on any atom is -0.378 e. The third kappa shape index (κ3) is 4.41. The lowest BCUT2D eigenvalue weighted by Crippen LogP contribution is -2.35. The van der Waals surface area contributed by atoms with Crippen LogP contribution in [-0.4, -0.2) is 18.4 Å². The molecule has 5 heteroatoms. The van der Waals surface area contributed by atoms with E-state index in [1.54, 1.807) is 12.1 Å². The Bertz CT molecular complexity index is 1320. The lowest BCUT2D eigenvalue weighted by atomic mass is 9.68. The number of fused-ring (bicyclic) bond motifs is 7. The molecule has 37 heavy (non-hydrogen) atoms. The van der Waals surface area contributed by atoms with Gasteiger partial charge in [-0.3, -0.25) is 9.59 Å². The van der Waals surface area contributed by atoms with Crippen molar-refractivity contribution in [3.8, 4) is 0 Å². The summed E-state index contributed by atoms with van der Waals surface area (Å²) in [6.07, 6.45) is 3.87. The highest BCUT2D eigenvalue weighted by Crippen LogP contribution is 2.63. The number of amides is 2. The van der Waals surface area contributed by atoms with Crippen LogP contribution in [-0.2, 0) is 0 Å². The van der Waals surface area contributed by atoms with Gasteiger partial charge in [0.1, 0.15) is 0 Å². The summed E-state index contributed by atoms with van der Waals surface area (Å²) >= 11 is 0. The number of nitrogens with one attached hydrogen (secondary N) is 3. The monoisotopic (exact) mass is 493 g/mol. The third-order valence-electron chi connectivity index (χ3n) is 8.60. The lowest BCUT2D eigenvalue weighted by molar-refractivity contribution is 0.0950. The molecule has 1 heterocycles. The van der Waals surface area contributed by atoms with Crippen molar-refractivity contribution in [2.45, 2.75) is 45.1 Å². The van der Waals surface area contributed by atoms with Gasteiger partial charge < -0.3 is 16.0 Å². The predicted molar refractivity (Wildman–Crippen MR) is 148 cm³/mol. The van der Waals surface area contributed by atoms with Gasteiger partial charge >= 0.3 is 0 Å². The van der Waals surface area contributed by atoms with Crippen LogP contribution in [0.3, 0.4) is 0 Å². The Morgan fingerprint density at radius 3 is 2.49 bits per heavy atom. The molecule has 0 aromatic heterocycles. The molecule has 190 valence electrons. The van der Waals surface area contributed by atoms with E-state index in [1.165, 1.54) is 30.4 Å². The predicted octanol–water partition coefficient (Wildman–Crippen LogP) is 6.62. The van der Waals surface area contributed by atoms with Gasteiger partial charge in [-0.1, -0.05) is 56.3 Å². The number of para-hydroxylation sites is 1. The van der Waals surface area contributed by atoms with Gasteiger partial charge in [0, 0.05) is 17.8 Å². The molecule has 2 aliphatic carbocycles. The Balaban J connectivity index is 1.28. The summed E-state index contributed by atoms with van der Waals surface area (Å²) in [6.45, 7) is 4.71. The summed E-state index contributed by atoms with van der Waals surface area (Å²) in [4.78, 5) is 26.2. The summed E-state index contributed by atoms with van der Waals surface area (Å²) in [5.41, 5.74) is 5.43. The molecule has 3 aromatic rings. The maximum absolute atomic E-state index is 13.4. The zero-order valence-electron chi connectivity index (χ0n) is 21.5. The Kier molecular flexibility index (Phi) is 6.23. The molecule has 2 amide bonds. The van der Waals surface area contributed by atoms with E-state index in [2.05, 4.69) is 72.3 Å². The summed E-state index contributed by atoms with van der Waals surface area (Å²) in [5, 5.41) is 9.81. The number of carbonyl (C=O) groups is 2. The summed E-state index contributed by atoms with van der Waals surface area (Å²) in [5.74, 6) is 2.44. The Hall–Kier alpha value is -3.60. The third-order valence-corrected chi connectivity index (χ3v) is 8.60. The average molecular weight is 494 g/mol. The topological polar surface area (TPSA) is 70.2 Å². The van der Waals surface area contributed by atoms with Crippen molar-refractivity contribution >= 4 is 23.2 Å². The molecule has 2 fully saturated rings. The van der Waals surface area contributed by atoms with Crippen LogP contribution in [0.25, 0.3) is 0 Å². The van der Waals surface area contributed by atoms with Crippen molar-refractivity contribution in [3.05, 3.63) is 95.1 Å². The van der Waals surface area contributed by atoms with Crippen LogP contribution in [0, 0.1) is 23.7 Å². The van der Waals surface area contributed by atoms with Crippen molar-refractivity contribution < 1.29 is 9.59 Å². The first-order valence-electron chi connectivity index (χ1n) is 13.6. The van der Waals surface area contributed by atoms with E-state index in [0.29, 0.717) is 53.1 Å². The van der Waals surface area contributed by atoms with Gasteiger partial charge in [0.25, 0.3) is 11.8 Å². The molecule has 0 radical (unpaired) electrons. The van der Waals surface area contributed by atoms with E-state index in [0.717, 1.165) is 11.6 Å². The van der Waals surface area contributed by atoms with Gasteiger partial charge in [-0.15, -0.1) is 0 Å². The molecule has 0 unspecified atom stereocenters. The average Bonchev–Trinajstić information content (AvgIpc) is 3.55. The van der Waals surface area contributed by atoms with Gasteiger partial charge in [0.2, 0.25) is 0 Å². The van der Waals surface area contributed by atoms with Crippen LogP contribution >= 0.6 is 0 Å². The van der Waals surface area contributed by atoms with Gasteiger partial charge in [0.15, 0.2) is 0 Å². The van der Waals surface area contributed by atoms with E-state index >= 15 is 0 Å². The molecule has 0 spiro atoms. The second kappa shape index (κ2) is 9.70. The first kappa shape index (κ1) is 23.8. The molecule has 2 bridgehead atoms. The van der Waals surface area contributed by atoms with Crippen molar-refractivity contribution in [1.82, 2.24) is 5.32 Å². The number of hydrogen-bond donors (Lipinski definition) is 3. The van der Waals surface area contributed by atoms with Gasteiger partial charge in [0.05, 0.1) is 17.3 Å². The molecular formula is C32H35N3O2. The van der Waals surface area contributed by atoms with Crippen molar-refractivity contribution in [2.75, 3.05) is 17.2 Å². The van der Waals surface area contributed by atoms with Gasteiger partial charge in [-0.25, -0.2) is 0 Å². The minimum atomic E-state index is -0.184. The second-order valence-electron chi connectivity index (χ2n) is 11.4. The quantitative estimate of drug-likeness (QED) is 0.361. The Morgan fingerprint density at radius 2 is 1.68 bits per heavy atom. The second-order valence-corrected chi connectivity index (χ2v) is 11.4. The smallest absolute Gasteiger partial charge is 0.255 e. The van der Waals surface area contributed by atoms with Crippen LogP contribution in [0.1, 0.15) is 76.9 Å². The summed E-state index contributed by atoms with van der Waals surface area (Å²) in [7, 11) is 0. The first-order valence-corrected chi connectivity index (χ1v) is 13.6. The molecule has 5 nitrogen and oxygen atoms in total. The van der Waals surface area contributed by atoms with Gasteiger partial charge in [-0.05, 0) is 90.3 Å². The number of benzene rings is 3. The lowest BCUT2D eigenvalue weighted by Gasteiger charge is -2.43. The molecule has 1 aliphatic heterocycles. The van der Waals surface area contributed by atoms with Crippen molar-refractivity contribution in [3.63, 3.8) is 0 Å². The zero-order chi connectivity index (χ0) is 25.5. The highest BCUT2D eigenvalue weighted by atomic mass is 16.2. The maximum atomic E-state index is 13.4. The molecule has 3 aromatic carbocycles. The molecule has 5 atom stereocenters. The molecule has 6 rings (SSSR count). The molecule has 3 N–H and O–H groups in total. The standard InChI is InChI=1S/C32H35N3O2/c1-19(2)18-33-32(37)24-10-6-7-11-26(24)35-31(36)23-14-15-27-25(17-23)28-21-12-13-22(16-21)29(28)30(34-27)20-8-4-3-5-9-20/h3-11,14-15,17,19,21-22,28-30,34H,12-13,16,18H2,1-2H3,(H,33,37)(H,35,36)/t21-,22-,28-,29-,30-/m0/s1.